The van der Waals surface area contributed by atoms with Crippen molar-refractivity contribution in [2.45, 2.75) is 33.2 Å². The average Bonchev–Trinajstić information content (AvgIpc) is 2.65. The van der Waals surface area contributed by atoms with Crippen LogP contribution in [0.5, 0.6) is 0 Å². The second-order valence-electron chi connectivity index (χ2n) is 5.05. The molecule has 1 unspecified atom stereocenters. The predicted molar refractivity (Wildman–Crippen MR) is 75.2 cm³/mol. The van der Waals surface area contributed by atoms with Crippen LogP contribution in [0.3, 0.4) is 0 Å². The first-order valence-corrected chi connectivity index (χ1v) is 6.62. The maximum Gasteiger partial charge on any atom is 0.303 e. The zero-order valence-electron chi connectivity index (χ0n) is 11.7. The molecule has 0 bridgehead atoms. The fourth-order valence-electron chi connectivity index (χ4n) is 2.33. The number of hydrazone groups is 1. The predicted octanol–water partition coefficient (Wildman–Crippen LogP) is 2.19. The van der Waals surface area contributed by atoms with Gasteiger partial charge < -0.3 is 5.11 Å². The monoisotopic (exact) mass is 274 g/mol. The molecule has 0 aliphatic carbocycles. The topological polar surface area (TPSA) is 70.0 Å². The van der Waals surface area contributed by atoms with Crippen molar-refractivity contribution in [2.75, 3.05) is 0 Å². The van der Waals surface area contributed by atoms with Crippen LogP contribution in [0, 0.1) is 12.8 Å². The summed E-state index contributed by atoms with van der Waals surface area (Å²) in [5, 5.41) is 14.4. The van der Waals surface area contributed by atoms with Crippen molar-refractivity contribution in [3.8, 4) is 0 Å². The van der Waals surface area contributed by atoms with Gasteiger partial charge in [0.15, 0.2) is 0 Å². The Balaban J connectivity index is 2.06. The first kappa shape index (κ1) is 14.2. The third-order valence-corrected chi connectivity index (χ3v) is 3.56. The third kappa shape index (κ3) is 3.04. The number of carbonyl (C=O) groups is 2. The highest BCUT2D eigenvalue weighted by Gasteiger charge is 2.33. The zero-order valence-corrected chi connectivity index (χ0v) is 11.7. The van der Waals surface area contributed by atoms with Gasteiger partial charge in [0.1, 0.15) is 0 Å². The molecule has 2 rings (SSSR count). The Morgan fingerprint density at radius 1 is 1.35 bits per heavy atom. The van der Waals surface area contributed by atoms with Crippen LogP contribution in [0.2, 0.25) is 0 Å². The molecule has 1 atom stereocenters. The number of aryl methyl sites for hydroxylation is 1. The van der Waals surface area contributed by atoms with Crippen LogP contribution in [0.1, 0.15) is 30.9 Å². The molecule has 1 aliphatic heterocycles. The molecule has 1 aromatic rings. The molecular weight excluding hydrogens is 256 g/mol. The minimum absolute atomic E-state index is 0.0124. The number of amides is 1. The Hall–Kier alpha value is -2.17. The van der Waals surface area contributed by atoms with E-state index >= 15 is 0 Å². The molecule has 1 aromatic carbocycles. The van der Waals surface area contributed by atoms with E-state index in [9.17, 15) is 9.59 Å². The van der Waals surface area contributed by atoms with E-state index in [-0.39, 0.29) is 12.3 Å². The summed E-state index contributed by atoms with van der Waals surface area (Å²) in [4.78, 5) is 22.9. The molecule has 5 nitrogen and oxygen atoms in total. The molecule has 5 heteroatoms. The van der Waals surface area contributed by atoms with E-state index in [2.05, 4.69) is 5.10 Å². The number of nitrogens with zero attached hydrogens (tertiary/aromatic N) is 2. The molecule has 0 saturated carbocycles. The van der Waals surface area contributed by atoms with Crippen LogP contribution >= 0.6 is 0 Å². The van der Waals surface area contributed by atoms with Gasteiger partial charge in [-0.05, 0) is 31.4 Å². The summed E-state index contributed by atoms with van der Waals surface area (Å²) >= 11 is 0. The highest BCUT2D eigenvalue weighted by Crippen LogP contribution is 2.23. The van der Waals surface area contributed by atoms with Crippen molar-refractivity contribution in [3.05, 3.63) is 35.4 Å². The lowest BCUT2D eigenvalue weighted by molar-refractivity contribution is -0.137. The summed E-state index contributed by atoms with van der Waals surface area (Å²) < 4.78 is 0. The molecule has 106 valence electrons. The van der Waals surface area contributed by atoms with E-state index in [0.717, 1.165) is 11.1 Å². The van der Waals surface area contributed by atoms with Gasteiger partial charge in [-0.25, -0.2) is 5.01 Å². The summed E-state index contributed by atoms with van der Waals surface area (Å²) in [6.07, 6.45) is 0.301. The largest absolute Gasteiger partial charge is 0.481 e. The Labute approximate surface area is 117 Å². The standard InChI is InChI=1S/C15H18N2O3/c1-10-5-3-4-6-12(10)9-17-15(20)13(11(2)16-17)7-8-14(18)19/h3-6,13H,7-9H2,1-2H3,(H,18,19). The molecule has 0 fully saturated rings. The highest BCUT2D eigenvalue weighted by atomic mass is 16.4. The first-order valence-electron chi connectivity index (χ1n) is 6.62. The van der Waals surface area contributed by atoms with Gasteiger partial charge in [-0.15, -0.1) is 0 Å². The van der Waals surface area contributed by atoms with Gasteiger partial charge in [-0.3, -0.25) is 9.59 Å². The van der Waals surface area contributed by atoms with E-state index in [1.54, 1.807) is 6.92 Å². The van der Waals surface area contributed by atoms with Crippen LogP contribution in [0.15, 0.2) is 29.4 Å². The van der Waals surface area contributed by atoms with E-state index in [1.165, 1.54) is 5.01 Å². The SMILES string of the molecule is CC1=NN(Cc2ccccc2C)C(=O)C1CCC(=O)O. The summed E-state index contributed by atoms with van der Waals surface area (Å²) in [7, 11) is 0. The fraction of sp³-hybridized carbons (Fsp3) is 0.400. The fourth-order valence-corrected chi connectivity index (χ4v) is 2.33. The molecule has 0 spiro atoms. The highest BCUT2D eigenvalue weighted by molar-refractivity contribution is 6.07. The first-order chi connectivity index (χ1) is 9.49. The van der Waals surface area contributed by atoms with E-state index in [0.29, 0.717) is 18.7 Å². The van der Waals surface area contributed by atoms with Gasteiger partial charge >= 0.3 is 5.97 Å². The number of hydrogen-bond acceptors (Lipinski definition) is 3. The molecule has 0 radical (unpaired) electrons. The minimum Gasteiger partial charge on any atom is -0.481 e. The van der Waals surface area contributed by atoms with Crippen molar-refractivity contribution < 1.29 is 14.7 Å². The van der Waals surface area contributed by atoms with E-state index in [1.807, 2.05) is 31.2 Å². The molecule has 0 saturated heterocycles. The number of aliphatic carboxylic acids is 1. The number of carboxylic acids is 1. The van der Waals surface area contributed by atoms with Gasteiger partial charge in [-0.1, -0.05) is 24.3 Å². The number of rotatable bonds is 5. The van der Waals surface area contributed by atoms with Crippen molar-refractivity contribution in [3.63, 3.8) is 0 Å². The van der Waals surface area contributed by atoms with Crippen LogP contribution in [0.4, 0.5) is 0 Å². The smallest absolute Gasteiger partial charge is 0.303 e. The molecular formula is C15H18N2O3. The molecule has 1 N–H and O–H groups in total. The molecule has 1 aliphatic rings. The van der Waals surface area contributed by atoms with Crippen LogP contribution in [-0.4, -0.2) is 27.7 Å². The van der Waals surface area contributed by atoms with Crippen molar-refractivity contribution >= 4 is 17.6 Å². The van der Waals surface area contributed by atoms with Gasteiger partial charge in [0.05, 0.1) is 12.5 Å². The minimum atomic E-state index is -0.886. The molecule has 0 aromatic heterocycles. The van der Waals surface area contributed by atoms with Gasteiger partial charge in [-0.2, -0.15) is 5.10 Å². The normalized spacial score (nSPS) is 18.3. The molecule has 1 heterocycles. The maximum absolute atomic E-state index is 12.3. The Morgan fingerprint density at radius 3 is 2.70 bits per heavy atom. The second kappa shape index (κ2) is 5.86. The van der Waals surface area contributed by atoms with E-state index < -0.39 is 11.9 Å². The number of hydrogen-bond donors (Lipinski definition) is 1. The lowest BCUT2D eigenvalue weighted by Gasteiger charge is -2.15. The summed E-state index contributed by atoms with van der Waals surface area (Å²) in [6.45, 7) is 4.21. The number of benzene rings is 1. The summed E-state index contributed by atoms with van der Waals surface area (Å²) in [6, 6.07) is 7.85. The summed E-state index contributed by atoms with van der Waals surface area (Å²) in [5.74, 6) is -1.38. The van der Waals surface area contributed by atoms with Crippen molar-refractivity contribution in [1.82, 2.24) is 5.01 Å². The number of carboxylic acid groups (broad SMARTS) is 1. The quantitative estimate of drug-likeness (QED) is 0.894. The van der Waals surface area contributed by atoms with Crippen LogP contribution in [-0.2, 0) is 16.1 Å². The number of carbonyl (C=O) groups excluding carboxylic acids is 1. The Morgan fingerprint density at radius 2 is 2.05 bits per heavy atom. The Bertz CT molecular complexity index is 566. The van der Waals surface area contributed by atoms with Crippen LogP contribution < -0.4 is 0 Å². The zero-order chi connectivity index (χ0) is 14.7. The lowest BCUT2D eigenvalue weighted by Crippen LogP contribution is -2.27. The van der Waals surface area contributed by atoms with Gasteiger partial charge in [0.2, 0.25) is 0 Å². The van der Waals surface area contributed by atoms with E-state index in [4.69, 9.17) is 5.11 Å². The molecule has 20 heavy (non-hydrogen) atoms. The second-order valence-corrected chi connectivity index (χ2v) is 5.05. The Kier molecular flexibility index (Phi) is 4.17. The maximum atomic E-state index is 12.3. The third-order valence-electron chi connectivity index (χ3n) is 3.56. The lowest BCUT2D eigenvalue weighted by atomic mass is 9.98. The van der Waals surface area contributed by atoms with Crippen LogP contribution in [0.25, 0.3) is 0 Å². The van der Waals surface area contributed by atoms with Crippen molar-refractivity contribution in [2.24, 2.45) is 11.0 Å². The molecule has 1 amide bonds. The van der Waals surface area contributed by atoms with Gasteiger partial charge in [0.25, 0.3) is 5.91 Å². The summed E-state index contributed by atoms with van der Waals surface area (Å²) in [5.41, 5.74) is 2.86. The van der Waals surface area contributed by atoms with Gasteiger partial charge in [0, 0.05) is 12.1 Å². The van der Waals surface area contributed by atoms with Crippen molar-refractivity contribution in [1.29, 1.82) is 0 Å². The average molecular weight is 274 g/mol.